The standard InChI is InChI=1S/C14H18FN3O/c1-9-6-10(12(16)7-11(9)15)8-17-13-4-2-3-5-14(13)18-19/h6-8,13-14,16-17H,2-5H2,1H3/b10-8-,16-12?. The van der Waals surface area contributed by atoms with E-state index in [0.29, 0.717) is 11.1 Å². The molecule has 2 unspecified atom stereocenters. The molecule has 2 rings (SSSR count). The summed E-state index contributed by atoms with van der Waals surface area (Å²) in [6, 6.07) is -0.184. The van der Waals surface area contributed by atoms with E-state index in [1.54, 1.807) is 19.2 Å². The lowest BCUT2D eigenvalue weighted by Crippen LogP contribution is -2.38. The molecule has 4 nitrogen and oxygen atoms in total. The minimum atomic E-state index is -0.368. The summed E-state index contributed by atoms with van der Waals surface area (Å²) in [5.41, 5.74) is 1.29. The molecule has 1 fully saturated rings. The Balaban J connectivity index is 2.06. The van der Waals surface area contributed by atoms with Crippen LogP contribution in [0, 0.1) is 10.3 Å². The molecule has 2 atom stereocenters. The molecule has 19 heavy (non-hydrogen) atoms. The van der Waals surface area contributed by atoms with Gasteiger partial charge < -0.3 is 10.7 Å². The summed E-state index contributed by atoms with van der Waals surface area (Å²) < 4.78 is 13.3. The Morgan fingerprint density at radius 2 is 2.16 bits per heavy atom. The maximum absolute atomic E-state index is 13.3. The molecule has 2 aliphatic rings. The van der Waals surface area contributed by atoms with Gasteiger partial charge in [-0.1, -0.05) is 18.0 Å². The van der Waals surface area contributed by atoms with Crippen LogP contribution in [-0.2, 0) is 0 Å². The summed E-state index contributed by atoms with van der Waals surface area (Å²) >= 11 is 0. The molecule has 0 aromatic carbocycles. The van der Waals surface area contributed by atoms with E-state index in [0.717, 1.165) is 25.7 Å². The van der Waals surface area contributed by atoms with Crippen molar-refractivity contribution >= 4 is 5.71 Å². The number of hydrogen-bond donors (Lipinski definition) is 2. The number of nitrogens with zero attached hydrogens (tertiary/aromatic N) is 1. The van der Waals surface area contributed by atoms with E-state index in [-0.39, 0.29) is 23.6 Å². The third-order valence-electron chi connectivity index (χ3n) is 3.65. The molecule has 0 aromatic heterocycles. The van der Waals surface area contributed by atoms with E-state index in [1.807, 2.05) is 0 Å². The van der Waals surface area contributed by atoms with Crippen molar-refractivity contribution in [1.29, 1.82) is 5.41 Å². The Labute approximate surface area is 111 Å². The number of allylic oxidation sites excluding steroid dienone is 5. The van der Waals surface area contributed by atoms with Crippen molar-refractivity contribution in [2.24, 2.45) is 5.18 Å². The number of hydrogen-bond acceptors (Lipinski definition) is 4. The van der Waals surface area contributed by atoms with Gasteiger partial charge in [0, 0.05) is 11.8 Å². The quantitative estimate of drug-likeness (QED) is 0.767. The normalized spacial score (nSPS) is 29.8. The first-order valence-corrected chi connectivity index (χ1v) is 6.55. The third-order valence-corrected chi connectivity index (χ3v) is 3.65. The van der Waals surface area contributed by atoms with Gasteiger partial charge in [-0.05, 0) is 37.5 Å². The fourth-order valence-electron chi connectivity index (χ4n) is 2.45. The topological polar surface area (TPSA) is 65.3 Å². The fraction of sp³-hybridized carbons (Fsp3) is 0.500. The molecule has 2 aliphatic carbocycles. The summed E-state index contributed by atoms with van der Waals surface area (Å²) in [6.07, 6.45) is 8.37. The average molecular weight is 263 g/mol. The second-order valence-corrected chi connectivity index (χ2v) is 5.06. The molecule has 0 aromatic rings. The van der Waals surface area contributed by atoms with Crippen LogP contribution in [-0.4, -0.2) is 17.8 Å². The van der Waals surface area contributed by atoms with Gasteiger partial charge in [0.05, 0.1) is 11.8 Å². The van der Waals surface area contributed by atoms with E-state index < -0.39 is 0 Å². The second kappa shape index (κ2) is 5.91. The molecule has 102 valence electrons. The van der Waals surface area contributed by atoms with E-state index in [1.165, 1.54) is 6.08 Å². The average Bonchev–Trinajstić information content (AvgIpc) is 2.41. The lowest BCUT2D eigenvalue weighted by molar-refractivity contribution is 0.352. The molecule has 0 bridgehead atoms. The predicted molar refractivity (Wildman–Crippen MR) is 73.7 cm³/mol. The number of nitrogens with one attached hydrogen (secondary N) is 2. The highest BCUT2D eigenvalue weighted by Crippen LogP contribution is 2.23. The van der Waals surface area contributed by atoms with Gasteiger partial charge in [-0.15, -0.1) is 0 Å². The maximum atomic E-state index is 13.3. The van der Waals surface area contributed by atoms with Crippen molar-refractivity contribution < 1.29 is 4.39 Å². The van der Waals surface area contributed by atoms with Crippen LogP contribution in [0.4, 0.5) is 4.39 Å². The first-order chi connectivity index (χ1) is 9.11. The summed E-state index contributed by atoms with van der Waals surface area (Å²) in [5, 5.41) is 14.0. The fourth-order valence-corrected chi connectivity index (χ4v) is 2.45. The Hall–Kier alpha value is -1.78. The second-order valence-electron chi connectivity index (χ2n) is 5.06. The van der Waals surface area contributed by atoms with Gasteiger partial charge in [0.1, 0.15) is 11.9 Å². The van der Waals surface area contributed by atoms with Gasteiger partial charge in [-0.25, -0.2) is 4.39 Å². The summed E-state index contributed by atoms with van der Waals surface area (Å²) in [6.45, 7) is 1.67. The van der Waals surface area contributed by atoms with E-state index in [4.69, 9.17) is 5.41 Å². The van der Waals surface area contributed by atoms with Crippen LogP contribution in [0.1, 0.15) is 32.6 Å². The molecule has 0 aliphatic heterocycles. The summed E-state index contributed by atoms with van der Waals surface area (Å²) in [4.78, 5) is 10.8. The minimum Gasteiger partial charge on any atom is -0.385 e. The highest BCUT2D eigenvalue weighted by atomic mass is 19.1. The van der Waals surface area contributed by atoms with Gasteiger partial charge >= 0.3 is 0 Å². The van der Waals surface area contributed by atoms with Gasteiger partial charge in [0.15, 0.2) is 0 Å². The molecule has 0 amide bonds. The van der Waals surface area contributed by atoms with Gasteiger partial charge in [0.25, 0.3) is 0 Å². The zero-order valence-corrected chi connectivity index (χ0v) is 10.9. The van der Waals surface area contributed by atoms with Crippen LogP contribution in [0.5, 0.6) is 0 Å². The van der Waals surface area contributed by atoms with E-state index >= 15 is 0 Å². The van der Waals surface area contributed by atoms with Crippen molar-refractivity contribution in [3.8, 4) is 0 Å². The number of halogens is 1. The van der Waals surface area contributed by atoms with Gasteiger partial charge in [-0.3, -0.25) is 0 Å². The lowest BCUT2D eigenvalue weighted by atomic mass is 9.91. The molecule has 5 heteroatoms. The Kier molecular flexibility index (Phi) is 4.24. The van der Waals surface area contributed by atoms with Crippen molar-refractivity contribution in [1.82, 2.24) is 5.32 Å². The van der Waals surface area contributed by atoms with E-state index in [2.05, 4.69) is 10.5 Å². The summed E-state index contributed by atoms with van der Waals surface area (Å²) in [7, 11) is 0. The number of rotatable bonds is 3. The monoisotopic (exact) mass is 263 g/mol. The van der Waals surface area contributed by atoms with Crippen molar-refractivity contribution in [3.63, 3.8) is 0 Å². The number of nitroso groups, excluding NO2 is 1. The van der Waals surface area contributed by atoms with Crippen molar-refractivity contribution in [3.05, 3.63) is 40.2 Å². The maximum Gasteiger partial charge on any atom is 0.128 e. The van der Waals surface area contributed by atoms with Gasteiger partial charge in [-0.2, -0.15) is 4.91 Å². The predicted octanol–water partition coefficient (Wildman–Crippen LogP) is 3.37. The third kappa shape index (κ3) is 3.16. The molecule has 2 N–H and O–H groups in total. The van der Waals surface area contributed by atoms with Crippen LogP contribution in [0.2, 0.25) is 0 Å². The Morgan fingerprint density at radius 1 is 1.42 bits per heavy atom. The highest BCUT2D eigenvalue weighted by Gasteiger charge is 2.25. The van der Waals surface area contributed by atoms with Crippen LogP contribution < -0.4 is 5.32 Å². The Bertz CT molecular complexity index is 479. The summed E-state index contributed by atoms with van der Waals surface area (Å²) in [5.74, 6) is -0.368. The SMILES string of the molecule is CC1=C/C(=C/NC2CCCCC2N=O)C(=N)C=C1F. The Morgan fingerprint density at radius 3 is 2.89 bits per heavy atom. The zero-order chi connectivity index (χ0) is 13.8. The van der Waals surface area contributed by atoms with Crippen molar-refractivity contribution in [2.75, 3.05) is 0 Å². The van der Waals surface area contributed by atoms with E-state index in [9.17, 15) is 9.30 Å². The first-order valence-electron chi connectivity index (χ1n) is 6.55. The molecule has 1 saturated carbocycles. The lowest BCUT2D eigenvalue weighted by Gasteiger charge is -2.27. The van der Waals surface area contributed by atoms with Crippen LogP contribution in [0.15, 0.2) is 40.5 Å². The smallest absolute Gasteiger partial charge is 0.128 e. The van der Waals surface area contributed by atoms with Gasteiger partial charge in [0.2, 0.25) is 0 Å². The molecule has 0 heterocycles. The molecule has 0 radical (unpaired) electrons. The molecular formula is C14H18FN3O. The van der Waals surface area contributed by atoms with Crippen molar-refractivity contribution in [2.45, 2.75) is 44.7 Å². The van der Waals surface area contributed by atoms with Crippen LogP contribution in [0.25, 0.3) is 0 Å². The molecule has 0 spiro atoms. The highest BCUT2D eigenvalue weighted by molar-refractivity contribution is 6.10. The first kappa shape index (κ1) is 13.6. The van der Waals surface area contributed by atoms with Crippen LogP contribution in [0.3, 0.4) is 0 Å². The molecule has 0 saturated heterocycles. The molecular weight excluding hydrogens is 245 g/mol. The van der Waals surface area contributed by atoms with Crippen LogP contribution >= 0.6 is 0 Å². The largest absolute Gasteiger partial charge is 0.385 e. The minimum absolute atomic E-state index is 0.0241. The zero-order valence-electron chi connectivity index (χ0n) is 10.9.